The Balaban J connectivity index is 2.36. The maximum absolute atomic E-state index is 11.8. The minimum atomic E-state index is -3.21. The van der Waals surface area contributed by atoms with Gasteiger partial charge in [-0.25, -0.2) is 8.42 Å². The highest BCUT2D eigenvalue weighted by Gasteiger charge is 2.28. The molecule has 1 aliphatic rings. The Kier molecular flexibility index (Phi) is 3.66. The van der Waals surface area contributed by atoms with E-state index in [-0.39, 0.29) is 11.7 Å². The predicted octanol–water partition coefficient (Wildman–Crippen LogP) is 1.19. The van der Waals surface area contributed by atoms with Gasteiger partial charge in [-0.2, -0.15) is 0 Å². The molecule has 1 heterocycles. The zero-order valence-electron chi connectivity index (χ0n) is 10.8. The summed E-state index contributed by atoms with van der Waals surface area (Å²) in [5.74, 6) is 0.401. The molecule has 0 aliphatic carbocycles. The number of methoxy groups -OCH3 is 1. The molecule has 1 fully saturated rings. The zero-order valence-corrected chi connectivity index (χ0v) is 11.7. The van der Waals surface area contributed by atoms with Gasteiger partial charge in [0.15, 0.2) is 0 Å². The molecular weight excluding hydrogens is 268 g/mol. The van der Waals surface area contributed by atoms with Crippen LogP contribution in [0.15, 0.2) is 18.2 Å². The van der Waals surface area contributed by atoms with Gasteiger partial charge in [-0.1, -0.05) is 0 Å². The van der Waals surface area contributed by atoms with Gasteiger partial charge < -0.3 is 10.1 Å². The van der Waals surface area contributed by atoms with Crippen molar-refractivity contribution in [2.24, 2.45) is 0 Å². The molecule has 0 aromatic heterocycles. The van der Waals surface area contributed by atoms with E-state index in [0.717, 1.165) is 0 Å². The number of hydrogen-bond acceptors (Lipinski definition) is 4. The van der Waals surface area contributed by atoms with Crippen LogP contribution in [-0.2, 0) is 14.8 Å². The molecule has 19 heavy (non-hydrogen) atoms. The lowest BCUT2D eigenvalue weighted by Gasteiger charge is -2.19. The Morgan fingerprint density at radius 1 is 1.42 bits per heavy atom. The van der Waals surface area contributed by atoms with Gasteiger partial charge in [0, 0.05) is 19.5 Å². The first kappa shape index (κ1) is 13.7. The van der Waals surface area contributed by atoms with Crippen molar-refractivity contribution in [1.82, 2.24) is 0 Å². The summed E-state index contributed by atoms with van der Waals surface area (Å²) >= 11 is 0. The fourth-order valence-corrected chi connectivity index (χ4v) is 3.61. The van der Waals surface area contributed by atoms with Crippen molar-refractivity contribution in [3.8, 4) is 5.75 Å². The van der Waals surface area contributed by atoms with Crippen molar-refractivity contribution < 1.29 is 17.9 Å². The van der Waals surface area contributed by atoms with Crippen molar-refractivity contribution in [3.05, 3.63) is 18.2 Å². The Labute approximate surface area is 112 Å². The first-order chi connectivity index (χ1) is 8.94. The standard InChI is InChI=1S/C12H16N2O4S/c1-9(15)13-11-5-4-10(8-12(11)18-2)14-6-3-7-19(14,16)17/h4-5,8H,3,6-7H2,1-2H3,(H,13,15). The second-order valence-electron chi connectivity index (χ2n) is 4.31. The van der Waals surface area contributed by atoms with E-state index in [1.54, 1.807) is 18.2 Å². The summed E-state index contributed by atoms with van der Waals surface area (Å²) in [6, 6.07) is 4.92. The van der Waals surface area contributed by atoms with Gasteiger partial charge in [0.1, 0.15) is 5.75 Å². The second-order valence-corrected chi connectivity index (χ2v) is 6.32. The van der Waals surface area contributed by atoms with E-state index in [1.807, 2.05) is 0 Å². The first-order valence-electron chi connectivity index (χ1n) is 5.90. The number of nitrogens with one attached hydrogen (secondary N) is 1. The molecule has 0 bridgehead atoms. The molecule has 1 aliphatic heterocycles. The van der Waals surface area contributed by atoms with Gasteiger partial charge in [-0.05, 0) is 18.6 Å². The average molecular weight is 284 g/mol. The lowest BCUT2D eigenvalue weighted by atomic mass is 10.2. The van der Waals surface area contributed by atoms with E-state index in [0.29, 0.717) is 30.1 Å². The lowest BCUT2D eigenvalue weighted by molar-refractivity contribution is -0.114. The predicted molar refractivity (Wildman–Crippen MR) is 73.0 cm³/mol. The minimum Gasteiger partial charge on any atom is -0.494 e. The third kappa shape index (κ3) is 2.81. The van der Waals surface area contributed by atoms with Crippen LogP contribution in [-0.4, -0.2) is 33.7 Å². The maximum Gasteiger partial charge on any atom is 0.235 e. The highest BCUT2D eigenvalue weighted by Crippen LogP contribution is 2.32. The molecule has 0 spiro atoms. The summed E-state index contributed by atoms with van der Waals surface area (Å²) in [5.41, 5.74) is 1.08. The number of carbonyl (C=O) groups excluding carboxylic acids is 1. The molecule has 0 unspecified atom stereocenters. The molecule has 2 rings (SSSR count). The van der Waals surface area contributed by atoms with Crippen molar-refractivity contribution in [2.75, 3.05) is 29.0 Å². The van der Waals surface area contributed by atoms with Crippen LogP contribution in [0.25, 0.3) is 0 Å². The summed E-state index contributed by atoms with van der Waals surface area (Å²) in [6.45, 7) is 1.88. The molecule has 7 heteroatoms. The van der Waals surface area contributed by atoms with Crippen LogP contribution in [0.1, 0.15) is 13.3 Å². The van der Waals surface area contributed by atoms with E-state index in [2.05, 4.69) is 5.32 Å². The van der Waals surface area contributed by atoms with Crippen molar-refractivity contribution in [2.45, 2.75) is 13.3 Å². The second kappa shape index (κ2) is 5.08. The molecule has 0 radical (unpaired) electrons. The SMILES string of the molecule is COc1cc(N2CCCS2(=O)=O)ccc1NC(C)=O. The molecule has 1 amide bonds. The van der Waals surface area contributed by atoms with Crippen molar-refractivity contribution >= 4 is 27.3 Å². The van der Waals surface area contributed by atoms with E-state index < -0.39 is 10.0 Å². The van der Waals surface area contributed by atoms with Gasteiger partial charge in [0.25, 0.3) is 0 Å². The average Bonchev–Trinajstić information content (AvgIpc) is 2.69. The van der Waals surface area contributed by atoms with Crippen LogP contribution in [0.5, 0.6) is 5.75 Å². The fourth-order valence-electron chi connectivity index (χ4n) is 2.06. The van der Waals surface area contributed by atoms with Gasteiger partial charge in [-0.15, -0.1) is 0 Å². The number of carbonyl (C=O) groups is 1. The van der Waals surface area contributed by atoms with Crippen LogP contribution < -0.4 is 14.4 Å². The Bertz CT molecular complexity index is 598. The zero-order chi connectivity index (χ0) is 14.0. The van der Waals surface area contributed by atoms with Crippen molar-refractivity contribution in [1.29, 1.82) is 0 Å². The van der Waals surface area contributed by atoms with Gasteiger partial charge >= 0.3 is 0 Å². The van der Waals surface area contributed by atoms with E-state index >= 15 is 0 Å². The molecule has 0 saturated carbocycles. The fraction of sp³-hybridized carbons (Fsp3) is 0.417. The lowest BCUT2D eigenvalue weighted by Crippen LogP contribution is -2.25. The molecule has 1 aromatic carbocycles. The third-order valence-electron chi connectivity index (χ3n) is 2.88. The number of hydrogen-bond donors (Lipinski definition) is 1. The molecule has 1 aromatic rings. The molecule has 1 N–H and O–H groups in total. The first-order valence-corrected chi connectivity index (χ1v) is 7.51. The summed E-state index contributed by atoms with van der Waals surface area (Å²) in [6.07, 6.45) is 0.623. The number of nitrogens with zero attached hydrogens (tertiary/aromatic N) is 1. The van der Waals surface area contributed by atoms with Crippen LogP contribution in [0.2, 0.25) is 0 Å². The molecular formula is C12H16N2O4S. The third-order valence-corrected chi connectivity index (χ3v) is 4.75. The molecule has 6 nitrogen and oxygen atoms in total. The van der Waals surface area contributed by atoms with Gasteiger partial charge in [0.2, 0.25) is 15.9 Å². The quantitative estimate of drug-likeness (QED) is 0.904. The van der Waals surface area contributed by atoms with E-state index in [4.69, 9.17) is 4.74 Å². The Hall–Kier alpha value is -1.76. The Morgan fingerprint density at radius 3 is 2.68 bits per heavy atom. The summed E-state index contributed by atoms with van der Waals surface area (Å²) in [4.78, 5) is 11.1. The van der Waals surface area contributed by atoms with Crippen LogP contribution >= 0.6 is 0 Å². The van der Waals surface area contributed by atoms with Gasteiger partial charge in [-0.3, -0.25) is 9.10 Å². The van der Waals surface area contributed by atoms with Crippen LogP contribution in [0, 0.1) is 0 Å². The van der Waals surface area contributed by atoms with Crippen LogP contribution in [0.4, 0.5) is 11.4 Å². The number of benzene rings is 1. The van der Waals surface area contributed by atoms with E-state index in [9.17, 15) is 13.2 Å². The number of rotatable bonds is 3. The Morgan fingerprint density at radius 2 is 2.16 bits per heavy atom. The van der Waals surface area contributed by atoms with Crippen LogP contribution in [0.3, 0.4) is 0 Å². The highest BCUT2D eigenvalue weighted by atomic mass is 32.2. The minimum absolute atomic E-state index is 0.169. The molecule has 104 valence electrons. The summed E-state index contributed by atoms with van der Waals surface area (Å²) in [7, 11) is -1.74. The number of ether oxygens (including phenoxy) is 1. The monoisotopic (exact) mass is 284 g/mol. The summed E-state index contributed by atoms with van der Waals surface area (Å²) in [5, 5.41) is 2.63. The summed E-state index contributed by atoms with van der Waals surface area (Å²) < 4.78 is 30.2. The molecule has 1 saturated heterocycles. The van der Waals surface area contributed by atoms with Gasteiger partial charge in [0.05, 0.1) is 24.2 Å². The highest BCUT2D eigenvalue weighted by molar-refractivity contribution is 7.93. The topological polar surface area (TPSA) is 75.7 Å². The number of amides is 1. The maximum atomic E-state index is 11.8. The number of anilines is 2. The largest absolute Gasteiger partial charge is 0.494 e. The smallest absolute Gasteiger partial charge is 0.235 e. The van der Waals surface area contributed by atoms with Crippen molar-refractivity contribution in [3.63, 3.8) is 0 Å². The normalized spacial score (nSPS) is 17.3. The molecule has 0 atom stereocenters. The number of sulfonamides is 1. The van der Waals surface area contributed by atoms with E-state index in [1.165, 1.54) is 18.3 Å².